The lowest BCUT2D eigenvalue weighted by Crippen LogP contribution is -2.55. The Kier molecular flexibility index (Phi) is 5.35. The van der Waals surface area contributed by atoms with E-state index in [-0.39, 0.29) is 12.5 Å². The van der Waals surface area contributed by atoms with E-state index in [9.17, 15) is 9.59 Å². The maximum atomic E-state index is 12.5. The molecule has 2 aromatic rings. The first-order valence-corrected chi connectivity index (χ1v) is 8.57. The molecule has 2 atom stereocenters. The van der Waals surface area contributed by atoms with E-state index in [2.05, 4.69) is 0 Å². The van der Waals surface area contributed by atoms with E-state index in [0.29, 0.717) is 24.0 Å². The number of ether oxygens (including phenoxy) is 2. The standard InChI is InChI=1S/C20H22N2O4/c21-16-11-12-20(13-17(16)22,25-18(23)14-7-3-1-4-8-14)26-19(24)15-9-5-2-6-10-15/h1-10,16-17H,11-13,21-22H2. The predicted octanol–water partition coefficient (Wildman–Crippen LogP) is 2.24. The fourth-order valence-corrected chi connectivity index (χ4v) is 3.02. The second-order valence-electron chi connectivity index (χ2n) is 6.49. The van der Waals surface area contributed by atoms with Gasteiger partial charge in [0.25, 0.3) is 5.79 Å². The summed E-state index contributed by atoms with van der Waals surface area (Å²) in [5, 5.41) is 0. The van der Waals surface area contributed by atoms with Crippen LogP contribution in [-0.2, 0) is 9.47 Å². The maximum Gasteiger partial charge on any atom is 0.341 e. The van der Waals surface area contributed by atoms with Crippen LogP contribution in [0.1, 0.15) is 40.0 Å². The molecule has 4 N–H and O–H groups in total. The van der Waals surface area contributed by atoms with Crippen molar-refractivity contribution in [2.75, 3.05) is 0 Å². The lowest BCUT2D eigenvalue weighted by atomic mass is 9.86. The molecule has 2 unspecified atom stereocenters. The molecule has 1 aliphatic carbocycles. The second-order valence-corrected chi connectivity index (χ2v) is 6.49. The number of benzene rings is 2. The molecule has 0 saturated heterocycles. The van der Waals surface area contributed by atoms with Crippen molar-refractivity contribution in [1.29, 1.82) is 0 Å². The lowest BCUT2D eigenvalue weighted by Gasteiger charge is -2.40. The SMILES string of the molecule is NC1CCC(OC(=O)c2ccccc2)(OC(=O)c2ccccc2)CC1N. The summed E-state index contributed by atoms with van der Waals surface area (Å²) in [6, 6.07) is 16.5. The Morgan fingerprint density at radius 3 is 1.69 bits per heavy atom. The summed E-state index contributed by atoms with van der Waals surface area (Å²) in [5.41, 5.74) is 12.8. The molecule has 0 radical (unpaired) electrons. The highest BCUT2D eigenvalue weighted by Gasteiger charge is 2.45. The number of carbonyl (C=O) groups is 2. The summed E-state index contributed by atoms with van der Waals surface area (Å²) >= 11 is 0. The van der Waals surface area contributed by atoms with Crippen LogP contribution < -0.4 is 11.5 Å². The van der Waals surface area contributed by atoms with Crippen molar-refractivity contribution in [2.45, 2.75) is 37.1 Å². The van der Waals surface area contributed by atoms with Crippen LogP contribution in [0.3, 0.4) is 0 Å². The van der Waals surface area contributed by atoms with E-state index in [1.165, 1.54) is 0 Å². The van der Waals surface area contributed by atoms with Crippen molar-refractivity contribution >= 4 is 11.9 Å². The smallest absolute Gasteiger partial charge is 0.341 e. The quantitative estimate of drug-likeness (QED) is 0.644. The molecule has 3 rings (SSSR count). The number of hydrogen-bond acceptors (Lipinski definition) is 6. The molecule has 6 nitrogen and oxygen atoms in total. The molecule has 136 valence electrons. The molecule has 0 spiro atoms. The van der Waals surface area contributed by atoms with Crippen molar-refractivity contribution < 1.29 is 19.1 Å². The van der Waals surface area contributed by atoms with Gasteiger partial charge in [-0.2, -0.15) is 0 Å². The van der Waals surface area contributed by atoms with Crippen LogP contribution in [0.15, 0.2) is 60.7 Å². The fraction of sp³-hybridized carbons (Fsp3) is 0.300. The highest BCUT2D eigenvalue weighted by molar-refractivity contribution is 5.91. The number of esters is 2. The van der Waals surface area contributed by atoms with E-state index >= 15 is 0 Å². The average molecular weight is 354 g/mol. The van der Waals surface area contributed by atoms with Crippen LogP contribution in [-0.4, -0.2) is 29.8 Å². The van der Waals surface area contributed by atoms with Crippen LogP contribution in [0.4, 0.5) is 0 Å². The lowest BCUT2D eigenvalue weighted by molar-refractivity contribution is -0.190. The molecule has 2 aromatic carbocycles. The number of hydrogen-bond donors (Lipinski definition) is 2. The zero-order valence-electron chi connectivity index (χ0n) is 14.3. The molecule has 1 saturated carbocycles. The maximum absolute atomic E-state index is 12.5. The van der Waals surface area contributed by atoms with Gasteiger partial charge < -0.3 is 20.9 Å². The van der Waals surface area contributed by atoms with Crippen molar-refractivity contribution in [3.63, 3.8) is 0 Å². The Labute approximate surface area is 152 Å². The Balaban J connectivity index is 1.83. The van der Waals surface area contributed by atoms with Crippen molar-refractivity contribution in [2.24, 2.45) is 11.5 Å². The number of nitrogens with two attached hydrogens (primary N) is 2. The molecule has 1 aliphatic rings. The van der Waals surface area contributed by atoms with Crippen molar-refractivity contribution in [1.82, 2.24) is 0 Å². The summed E-state index contributed by atoms with van der Waals surface area (Å²) in [5.74, 6) is -2.54. The molecule has 1 fully saturated rings. The van der Waals surface area contributed by atoms with Gasteiger partial charge in [0.1, 0.15) is 0 Å². The van der Waals surface area contributed by atoms with Crippen LogP contribution >= 0.6 is 0 Å². The van der Waals surface area contributed by atoms with Crippen LogP contribution in [0.25, 0.3) is 0 Å². The molecule has 6 heteroatoms. The third-order valence-corrected chi connectivity index (χ3v) is 4.53. The number of carbonyl (C=O) groups excluding carboxylic acids is 2. The highest BCUT2D eigenvalue weighted by Crippen LogP contribution is 2.34. The first kappa shape index (κ1) is 18.1. The van der Waals surface area contributed by atoms with E-state index in [0.717, 1.165) is 0 Å². The average Bonchev–Trinajstić information content (AvgIpc) is 2.66. The Bertz CT molecular complexity index is 710. The van der Waals surface area contributed by atoms with Gasteiger partial charge in [-0.1, -0.05) is 36.4 Å². The van der Waals surface area contributed by atoms with Gasteiger partial charge in [0.05, 0.1) is 11.1 Å². The van der Waals surface area contributed by atoms with Gasteiger partial charge in [-0.05, 0) is 30.7 Å². The zero-order chi connectivity index (χ0) is 18.6. The first-order chi connectivity index (χ1) is 12.5. The third kappa shape index (κ3) is 4.09. The summed E-state index contributed by atoms with van der Waals surface area (Å²) in [6.07, 6.45) is 0.954. The van der Waals surface area contributed by atoms with E-state index in [1.54, 1.807) is 60.7 Å². The third-order valence-electron chi connectivity index (χ3n) is 4.53. The molecule has 0 amide bonds. The minimum absolute atomic E-state index is 0.158. The van der Waals surface area contributed by atoms with Gasteiger partial charge in [-0.3, -0.25) is 0 Å². The molecule has 0 bridgehead atoms. The summed E-state index contributed by atoms with van der Waals surface area (Å²) in [7, 11) is 0. The van der Waals surface area contributed by atoms with Gasteiger partial charge in [-0.15, -0.1) is 0 Å². The Hall–Kier alpha value is -2.70. The first-order valence-electron chi connectivity index (χ1n) is 8.57. The van der Waals surface area contributed by atoms with Gasteiger partial charge in [-0.25, -0.2) is 9.59 Å². The summed E-state index contributed by atoms with van der Waals surface area (Å²) in [4.78, 5) is 25.1. The van der Waals surface area contributed by atoms with Crippen LogP contribution in [0.2, 0.25) is 0 Å². The van der Waals surface area contributed by atoms with Crippen LogP contribution in [0, 0.1) is 0 Å². The van der Waals surface area contributed by atoms with E-state index in [4.69, 9.17) is 20.9 Å². The highest BCUT2D eigenvalue weighted by atomic mass is 16.7. The van der Waals surface area contributed by atoms with Crippen molar-refractivity contribution in [3.8, 4) is 0 Å². The monoisotopic (exact) mass is 354 g/mol. The van der Waals surface area contributed by atoms with Crippen molar-refractivity contribution in [3.05, 3.63) is 71.8 Å². The van der Waals surface area contributed by atoms with Crippen LogP contribution in [0.5, 0.6) is 0 Å². The minimum Gasteiger partial charge on any atom is -0.419 e. The van der Waals surface area contributed by atoms with Gasteiger partial charge in [0.2, 0.25) is 0 Å². The number of rotatable bonds is 4. The summed E-state index contributed by atoms with van der Waals surface area (Å²) in [6.45, 7) is 0. The van der Waals surface area contributed by atoms with Gasteiger partial charge in [0.15, 0.2) is 0 Å². The molecular weight excluding hydrogens is 332 g/mol. The fourth-order valence-electron chi connectivity index (χ4n) is 3.02. The molecule has 0 aliphatic heterocycles. The summed E-state index contributed by atoms with van der Waals surface area (Å²) < 4.78 is 11.3. The van der Waals surface area contributed by atoms with Gasteiger partial charge in [0, 0.05) is 24.9 Å². The molecule has 26 heavy (non-hydrogen) atoms. The molecule has 0 heterocycles. The van der Waals surface area contributed by atoms with E-state index in [1.807, 2.05) is 0 Å². The second kappa shape index (κ2) is 7.68. The Morgan fingerprint density at radius 1 is 0.808 bits per heavy atom. The molecular formula is C20H22N2O4. The minimum atomic E-state index is -1.42. The van der Waals surface area contributed by atoms with E-state index < -0.39 is 23.8 Å². The topological polar surface area (TPSA) is 105 Å². The zero-order valence-corrected chi connectivity index (χ0v) is 14.3. The molecule has 0 aromatic heterocycles. The predicted molar refractivity (Wildman–Crippen MR) is 96.2 cm³/mol. The largest absolute Gasteiger partial charge is 0.419 e. The van der Waals surface area contributed by atoms with Gasteiger partial charge >= 0.3 is 11.9 Å². The normalized spacial score (nSPS) is 21.6. The Morgan fingerprint density at radius 2 is 1.27 bits per heavy atom.